The largest absolute Gasteiger partial charge is 0.545 e. The first-order valence-electron chi connectivity index (χ1n) is 42.8. The van der Waals surface area contributed by atoms with Gasteiger partial charge in [0.25, 0.3) is 0 Å². The molecule has 0 saturated carbocycles. The molecule has 0 aliphatic heterocycles. The van der Waals surface area contributed by atoms with Gasteiger partial charge in [-0.05, 0) is 77.0 Å². The Morgan fingerprint density at radius 3 is 0.814 bits per heavy atom. The molecule has 0 heterocycles. The summed E-state index contributed by atoms with van der Waals surface area (Å²) in [6.45, 7) is 4.81. The van der Waals surface area contributed by atoms with E-state index in [4.69, 9.17) is 18.9 Å². The second-order valence-electron chi connectivity index (χ2n) is 30.5. The third-order valence-electron chi connectivity index (χ3n) is 19.5. The molecule has 0 spiro atoms. The Labute approximate surface area is 603 Å². The quantitative estimate of drug-likeness (QED) is 0.0195. The van der Waals surface area contributed by atoms with Crippen molar-refractivity contribution in [1.29, 1.82) is 0 Å². The van der Waals surface area contributed by atoms with Gasteiger partial charge in [0.1, 0.15) is 13.2 Å². The van der Waals surface area contributed by atoms with Crippen molar-refractivity contribution in [3.8, 4) is 0 Å². The van der Waals surface area contributed by atoms with Crippen LogP contribution in [0.5, 0.6) is 0 Å². The number of carbonyl (C=O) groups excluding carboxylic acids is 3. The Bertz CT molecular complexity index is 1730. The van der Waals surface area contributed by atoms with Crippen LogP contribution in [-0.4, -0.2) is 82.3 Å². The van der Waals surface area contributed by atoms with Crippen molar-refractivity contribution < 1.29 is 42.9 Å². The van der Waals surface area contributed by atoms with Crippen molar-refractivity contribution in [3.63, 3.8) is 0 Å². The molecule has 9 heteroatoms. The van der Waals surface area contributed by atoms with Crippen LogP contribution < -0.4 is 5.11 Å². The van der Waals surface area contributed by atoms with Crippen LogP contribution in [0.1, 0.15) is 438 Å². The Morgan fingerprint density at radius 1 is 0.309 bits per heavy atom. The van der Waals surface area contributed by atoms with Gasteiger partial charge in [-0.1, -0.05) is 396 Å². The van der Waals surface area contributed by atoms with Crippen LogP contribution in [-0.2, 0) is 33.3 Å². The van der Waals surface area contributed by atoms with Crippen molar-refractivity contribution in [2.75, 3.05) is 47.5 Å². The van der Waals surface area contributed by atoms with E-state index in [2.05, 4.69) is 62.5 Å². The monoisotopic (exact) mass is 1360 g/mol. The topological polar surface area (TPSA) is 111 Å². The van der Waals surface area contributed by atoms with Gasteiger partial charge in [-0.3, -0.25) is 9.59 Å². The van der Waals surface area contributed by atoms with Gasteiger partial charge in [-0.15, -0.1) is 0 Å². The summed E-state index contributed by atoms with van der Waals surface area (Å²) in [5.74, 6) is -2.25. The van der Waals surface area contributed by atoms with Gasteiger partial charge in [0.05, 0.1) is 40.3 Å². The number of aliphatic carboxylic acids is 1. The average molecular weight is 1370 g/mol. The lowest BCUT2D eigenvalue weighted by atomic mass is 10.0. The lowest BCUT2D eigenvalue weighted by molar-refractivity contribution is -0.870. The summed E-state index contributed by atoms with van der Waals surface area (Å²) < 4.78 is 22.9. The van der Waals surface area contributed by atoms with Crippen LogP contribution in [0, 0.1) is 0 Å². The molecule has 0 aromatic carbocycles. The van der Waals surface area contributed by atoms with Crippen molar-refractivity contribution in [2.45, 2.75) is 450 Å². The first-order valence-corrected chi connectivity index (χ1v) is 42.8. The van der Waals surface area contributed by atoms with E-state index in [0.29, 0.717) is 17.4 Å². The summed E-state index contributed by atoms with van der Waals surface area (Å²) in [5.41, 5.74) is 0. The zero-order chi connectivity index (χ0) is 70.4. The van der Waals surface area contributed by atoms with Crippen LogP contribution in [0.2, 0.25) is 0 Å². The van der Waals surface area contributed by atoms with Crippen LogP contribution >= 0.6 is 0 Å². The summed E-state index contributed by atoms with van der Waals surface area (Å²) in [5, 5.41) is 11.9. The van der Waals surface area contributed by atoms with E-state index >= 15 is 0 Å². The van der Waals surface area contributed by atoms with E-state index in [1.165, 1.54) is 360 Å². The second-order valence-corrected chi connectivity index (χ2v) is 30.5. The van der Waals surface area contributed by atoms with Gasteiger partial charge in [-0.2, -0.15) is 0 Å². The number of esters is 2. The minimum atomic E-state index is -1.62. The second kappa shape index (κ2) is 79.0. The number of unbranched alkanes of at least 4 members (excludes halogenated alkanes) is 58. The van der Waals surface area contributed by atoms with E-state index < -0.39 is 24.3 Å². The summed E-state index contributed by atoms with van der Waals surface area (Å²) >= 11 is 0. The number of hydrogen-bond donors (Lipinski definition) is 0. The first-order chi connectivity index (χ1) is 47.6. The lowest BCUT2D eigenvalue weighted by Crippen LogP contribution is -2.44. The fourth-order valence-electron chi connectivity index (χ4n) is 13.0. The van der Waals surface area contributed by atoms with Gasteiger partial charge < -0.3 is 33.3 Å². The van der Waals surface area contributed by atoms with Crippen LogP contribution in [0.4, 0.5) is 0 Å². The molecule has 570 valence electrons. The number of likely N-dealkylation sites (N-methyl/N-ethyl adjacent to an activating group) is 1. The third kappa shape index (κ3) is 80.4. The zero-order valence-electron chi connectivity index (χ0n) is 65.5. The molecule has 0 N–H and O–H groups in total. The molecule has 2 unspecified atom stereocenters. The maximum Gasteiger partial charge on any atom is 0.306 e. The molecule has 0 amide bonds. The molecule has 0 aromatic heterocycles. The van der Waals surface area contributed by atoms with Gasteiger partial charge in [0.15, 0.2) is 12.4 Å². The summed E-state index contributed by atoms with van der Waals surface area (Å²) in [7, 11) is 5.96. The van der Waals surface area contributed by atoms with Gasteiger partial charge in [0.2, 0.25) is 0 Å². The maximum absolute atomic E-state index is 13.0. The van der Waals surface area contributed by atoms with E-state index in [1.807, 2.05) is 21.1 Å². The molecule has 0 bridgehead atoms. The lowest BCUT2D eigenvalue weighted by Gasteiger charge is -2.26. The van der Waals surface area contributed by atoms with E-state index in [-0.39, 0.29) is 32.2 Å². The highest BCUT2D eigenvalue weighted by atomic mass is 16.7. The predicted octanol–water partition coefficient (Wildman–Crippen LogP) is 26.3. The fourth-order valence-corrected chi connectivity index (χ4v) is 13.0. The number of carboxylic acids is 1. The Kier molecular flexibility index (Phi) is 76.7. The molecule has 0 rings (SSSR count). The molecular formula is C88H165NO8. The average Bonchev–Trinajstić information content (AvgIpc) is 2.39. The molecule has 0 fully saturated rings. The Balaban J connectivity index is 3.92. The minimum absolute atomic E-state index is 0.151. The predicted molar refractivity (Wildman–Crippen MR) is 417 cm³/mol. The fraction of sp³-hybridized carbons (Fsp3) is 0.875. The summed E-state index contributed by atoms with van der Waals surface area (Å²) in [4.78, 5) is 37.6. The van der Waals surface area contributed by atoms with Gasteiger partial charge in [-0.25, -0.2) is 0 Å². The van der Waals surface area contributed by atoms with E-state index in [0.717, 1.165) is 51.4 Å². The third-order valence-corrected chi connectivity index (χ3v) is 19.5. The zero-order valence-corrected chi connectivity index (χ0v) is 65.5. The minimum Gasteiger partial charge on any atom is -0.545 e. The summed E-state index contributed by atoms with van der Waals surface area (Å²) in [6, 6.07) is 0. The highest BCUT2D eigenvalue weighted by Crippen LogP contribution is 2.20. The molecule has 97 heavy (non-hydrogen) atoms. The molecule has 2 atom stereocenters. The Morgan fingerprint density at radius 2 is 0.557 bits per heavy atom. The van der Waals surface area contributed by atoms with Crippen molar-refractivity contribution in [3.05, 3.63) is 48.6 Å². The number of rotatable bonds is 81. The standard InChI is InChI=1S/C88H165NO8/c1-6-8-10-12-14-16-18-20-22-24-26-28-30-32-34-36-38-40-41-42-43-44-45-47-49-51-53-55-57-59-61-63-65-67-69-71-73-75-77-79-86(91)97-84(83-96-88(87(92)93)94-81-80-89(3,4)5)82-95-85(90)78-76-74-72-70-68-66-64-62-60-58-56-54-52-50-48-46-39-37-35-33-31-29-27-25-23-21-19-17-15-13-11-9-7-2/h18-21,24-27,84,88H,6-17,22-23,28-83H2,1-5H3/b20-18-,21-19-,26-24-,27-25-. The molecule has 0 saturated heterocycles. The van der Waals surface area contributed by atoms with Crippen molar-refractivity contribution >= 4 is 17.9 Å². The number of quaternary nitrogens is 1. The maximum atomic E-state index is 13.0. The molecule has 0 aliphatic carbocycles. The number of allylic oxidation sites excluding steroid dienone is 8. The van der Waals surface area contributed by atoms with Crippen LogP contribution in [0.25, 0.3) is 0 Å². The molecule has 9 nitrogen and oxygen atoms in total. The van der Waals surface area contributed by atoms with Crippen molar-refractivity contribution in [2.24, 2.45) is 0 Å². The number of hydrogen-bond acceptors (Lipinski definition) is 8. The van der Waals surface area contributed by atoms with Crippen LogP contribution in [0.3, 0.4) is 0 Å². The number of carboxylic acid groups (broad SMARTS) is 1. The van der Waals surface area contributed by atoms with Crippen LogP contribution in [0.15, 0.2) is 48.6 Å². The molecule has 0 radical (unpaired) electrons. The van der Waals surface area contributed by atoms with E-state index in [9.17, 15) is 19.5 Å². The van der Waals surface area contributed by atoms with Gasteiger partial charge in [0, 0.05) is 12.8 Å². The van der Waals surface area contributed by atoms with E-state index in [1.54, 1.807) is 0 Å². The highest BCUT2D eigenvalue weighted by Gasteiger charge is 2.22. The van der Waals surface area contributed by atoms with Gasteiger partial charge >= 0.3 is 11.9 Å². The molecule has 0 aliphatic rings. The molecule has 0 aromatic rings. The Hall–Kier alpha value is -2.75. The molecular weight excluding hydrogens is 1200 g/mol. The summed E-state index contributed by atoms with van der Waals surface area (Å²) in [6.07, 6.45) is 101. The smallest absolute Gasteiger partial charge is 0.306 e. The first kappa shape index (κ1) is 94.2. The van der Waals surface area contributed by atoms with Crippen molar-refractivity contribution in [1.82, 2.24) is 0 Å². The number of nitrogens with zero attached hydrogens (tertiary/aromatic N) is 1. The SMILES string of the molecule is CCCCCCC/C=C\C/C=C\CCCCCCCCCCCCCCCCCCCCCCCCCCCCCC(=O)OC(COC(=O)CCCCCCCCCCCCCCCCCCCCCCC/C=C\C/C=C\CCCCCCC)COC(OCC[N+](C)(C)C)C(=O)[O-]. The number of ether oxygens (including phenoxy) is 4. The number of carbonyl (C=O) groups is 3. The highest BCUT2D eigenvalue weighted by molar-refractivity contribution is 5.70. The normalized spacial score (nSPS) is 12.8.